The number of fused-ring (bicyclic) bond motifs is 1. The second-order valence-electron chi connectivity index (χ2n) is 8.32. The molecule has 170 valence electrons. The van der Waals surface area contributed by atoms with E-state index in [0.717, 1.165) is 48.2 Å². The molecule has 4 aromatic rings. The van der Waals surface area contributed by atoms with Gasteiger partial charge < -0.3 is 9.47 Å². The predicted octanol–water partition coefficient (Wildman–Crippen LogP) is 3.83. The zero-order valence-corrected chi connectivity index (χ0v) is 18.8. The van der Waals surface area contributed by atoms with Crippen LogP contribution in [0.1, 0.15) is 18.4 Å². The van der Waals surface area contributed by atoms with Crippen LogP contribution in [0.3, 0.4) is 0 Å². The van der Waals surface area contributed by atoms with E-state index in [-0.39, 0.29) is 11.8 Å². The maximum absolute atomic E-state index is 12.7. The van der Waals surface area contributed by atoms with Gasteiger partial charge in [-0.1, -0.05) is 30.3 Å². The van der Waals surface area contributed by atoms with E-state index < -0.39 is 0 Å². The molecule has 0 amide bonds. The largest absolute Gasteiger partial charge is 0.489 e. The summed E-state index contributed by atoms with van der Waals surface area (Å²) in [5, 5.41) is 5.58. The molecule has 0 bridgehead atoms. The Bertz CT molecular complexity index is 1280. The van der Waals surface area contributed by atoms with Crippen LogP contribution in [0.4, 0.5) is 0 Å². The van der Waals surface area contributed by atoms with E-state index in [1.54, 1.807) is 17.9 Å². The van der Waals surface area contributed by atoms with Crippen molar-refractivity contribution in [1.29, 1.82) is 0 Å². The van der Waals surface area contributed by atoms with Gasteiger partial charge in [0.25, 0.3) is 5.56 Å². The maximum Gasteiger partial charge on any atom is 0.258 e. The molecule has 0 saturated carbocycles. The fourth-order valence-electron chi connectivity index (χ4n) is 4.45. The van der Waals surface area contributed by atoms with Crippen molar-refractivity contribution in [2.24, 2.45) is 0 Å². The number of pyridine rings is 1. The van der Waals surface area contributed by atoms with Gasteiger partial charge in [0.05, 0.1) is 18.3 Å². The van der Waals surface area contributed by atoms with Crippen LogP contribution in [0.25, 0.3) is 16.6 Å². The first-order valence-electron chi connectivity index (χ1n) is 11.3. The van der Waals surface area contributed by atoms with Crippen molar-refractivity contribution < 1.29 is 9.47 Å². The Morgan fingerprint density at radius 3 is 2.76 bits per heavy atom. The molecule has 1 atom stereocenters. The van der Waals surface area contributed by atoms with Crippen molar-refractivity contribution in [1.82, 2.24) is 19.2 Å². The molecule has 1 aliphatic rings. The highest BCUT2D eigenvalue weighted by molar-refractivity contribution is 5.80. The van der Waals surface area contributed by atoms with Crippen molar-refractivity contribution in [3.8, 4) is 11.4 Å². The first-order valence-corrected chi connectivity index (χ1v) is 11.3. The number of hydrogen-bond acceptors (Lipinski definition) is 5. The van der Waals surface area contributed by atoms with E-state index in [4.69, 9.17) is 9.47 Å². The lowest BCUT2D eigenvalue weighted by atomic mass is 10.2. The third kappa shape index (κ3) is 4.69. The number of methoxy groups -OCH3 is 1. The minimum absolute atomic E-state index is 0.132. The number of hydrogen-bond donors (Lipinski definition) is 0. The van der Waals surface area contributed by atoms with Gasteiger partial charge in [0.2, 0.25) is 0 Å². The number of benzene rings is 2. The lowest BCUT2D eigenvalue weighted by Gasteiger charge is -2.22. The predicted molar refractivity (Wildman–Crippen MR) is 128 cm³/mol. The van der Waals surface area contributed by atoms with E-state index in [1.807, 2.05) is 65.5 Å². The first-order chi connectivity index (χ1) is 16.2. The lowest BCUT2D eigenvalue weighted by molar-refractivity contribution is -0.00539. The highest BCUT2D eigenvalue weighted by Crippen LogP contribution is 2.21. The highest BCUT2D eigenvalue weighted by atomic mass is 16.5. The summed E-state index contributed by atoms with van der Waals surface area (Å²) in [5.41, 5.74) is 2.79. The molecule has 33 heavy (non-hydrogen) atoms. The third-order valence-corrected chi connectivity index (χ3v) is 6.22. The van der Waals surface area contributed by atoms with Gasteiger partial charge in [0.15, 0.2) is 0 Å². The smallest absolute Gasteiger partial charge is 0.258 e. The summed E-state index contributed by atoms with van der Waals surface area (Å²) in [7, 11) is 1.78. The van der Waals surface area contributed by atoms with E-state index in [9.17, 15) is 4.79 Å². The minimum Gasteiger partial charge on any atom is -0.489 e. The maximum atomic E-state index is 12.7. The standard InChI is InChI=1S/C26H28N4O3/c1-32-26-8-5-12-28(26)14-15-30-24-10-9-22(16-21(24)18-27-30)29-13-11-23(17-25(29)31)33-19-20-6-3-2-4-7-20/h2-4,6-7,9-11,13,16-18,26H,5,8,12,14-15,19H2,1H3. The van der Waals surface area contributed by atoms with Gasteiger partial charge in [-0.2, -0.15) is 5.10 Å². The van der Waals surface area contributed by atoms with Crippen LogP contribution in [-0.4, -0.2) is 45.7 Å². The number of aromatic nitrogens is 3. The van der Waals surface area contributed by atoms with Crippen molar-refractivity contribution in [2.45, 2.75) is 32.2 Å². The molecule has 1 aliphatic heterocycles. The molecule has 0 radical (unpaired) electrons. The summed E-state index contributed by atoms with van der Waals surface area (Å²) in [6.07, 6.45) is 6.09. The zero-order valence-electron chi connectivity index (χ0n) is 18.8. The fourth-order valence-corrected chi connectivity index (χ4v) is 4.45. The van der Waals surface area contributed by atoms with Crippen LogP contribution in [0, 0.1) is 0 Å². The number of likely N-dealkylation sites (tertiary alicyclic amines) is 1. The Labute approximate surface area is 192 Å². The Kier molecular flexibility index (Phi) is 6.24. The summed E-state index contributed by atoms with van der Waals surface area (Å²) in [6.45, 7) is 3.20. The molecule has 1 saturated heterocycles. The monoisotopic (exact) mass is 444 g/mol. The molecule has 1 unspecified atom stereocenters. The lowest BCUT2D eigenvalue weighted by Crippen LogP contribution is -2.33. The van der Waals surface area contributed by atoms with Crippen LogP contribution >= 0.6 is 0 Å². The van der Waals surface area contributed by atoms with Gasteiger partial charge in [-0.25, -0.2) is 0 Å². The summed E-state index contributed by atoms with van der Waals surface area (Å²) < 4.78 is 15.0. The minimum atomic E-state index is -0.132. The number of ether oxygens (including phenoxy) is 2. The topological polar surface area (TPSA) is 61.5 Å². The number of nitrogens with zero attached hydrogens (tertiary/aromatic N) is 4. The molecule has 3 heterocycles. The van der Waals surface area contributed by atoms with Gasteiger partial charge in [-0.15, -0.1) is 0 Å². The van der Waals surface area contributed by atoms with Gasteiger partial charge in [0, 0.05) is 43.5 Å². The van der Waals surface area contributed by atoms with Crippen LogP contribution in [0.2, 0.25) is 0 Å². The SMILES string of the molecule is COC1CCCN1CCn1ncc2cc(-n3ccc(OCc4ccccc4)cc3=O)ccc21. The Hall–Kier alpha value is -3.42. The average Bonchev–Trinajstić information content (AvgIpc) is 3.48. The molecule has 7 heteroatoms. The van der Waals surface area contributed by atoms with E-state index in [0.29, 0.717) is 12.4 Å². The summed E-state index contributed by atoms with van der Waals surface area (Å²) in [6, 6.07) is 19.2. The molecule has 7 nitrogen and oxygen atoms in total. The van der Waals surface area contributed by atoms with Gasteiger partial charge in [-0.3, -0.25) is 18.9 Å². The van der Waals surface area contributed by atoms with Crippen molar-refractivity contribution in [3.63, 3.8) is 0 Å². The van der Waals surface area contributed by atoms with Crippen LogP contribution in [0.5, 0.6) is 5.75 Å². The fraction of sp³-hybridized carbons (Fsp3) is 0.308. The Balaban J connectivity index is 1.29. The highest BCUT2D eigenvalue weighted by Gasteiger charge is 2.23. The second-order valence-corrected chi connectivity index (χ2v) is 8.32. The molecule has 2 aromatic heterocycles. The third-order valence-electron chi connectivity index (χ3n) is 6.22. The normalized spacial score (nSPS) is 16.5. The Morgan fingerprint density at radius 2 is 1.94 bits per heavy atom. The van der Waals surface area contributed by atoms with E-state index in [1.165, 1.54) is 12.5 Å². The van der Waals surface area contributed by atoms with Crippen molar-refractivity contribution in [2.75, 3.05) is 20.2 Å². The molecular weight excluding hydrogens is 416 g/mol. The van der Waals surface area contributed by atoms with Crippen LogP contribution < -0.4 is 10.3 Å². The molecular formula is C26H28N4O3. The van der Waals surface area contributed by atoms with E-state index >= 15 is 0 Å². The summed E-state index contributed by atoms with van der Waals surface area (Å²) in [4.78, 5) is 15.1. The van der Waals surface area contributed by atoms with Crippen molar-refractivity contribution >= 4 is 10.9 Å². The molecule has 1 fully saturated rings. The molecule has 2 aromatic carbocycles. The van der Waals surface area contributed by atoms with Crippen molar-refractivity contribution in [3.05, 3.63) is 89.0 Å². The van der Waals surface area contributed by atoms with Gasteiger partial charge in [0.1, 0.15) is 18.6 Å². The Morgan fingerprint density at radius 1 is 1.06 bits per heavy atom. The van der Waals surface area contributed by atoms with E-state index in [2.05, 4.69) is 10.00 Å². The molecule has 5 rings (SSSR count). The molecule has 0 N–H and O–H groups in total. The van der Waals surface area contributed by atoms with Crippen LogP contribution in [0.15, 0.2) is 77.9 Å². The average molecular weight is 445 g/mol. The first kappa shape index (κ1) is 21.4. The summed E-state index contributed by atoms with van der Waals surface area (Å²) in [5.74, 6) is 0.560. The van der Waals surface area contributed by atoms with Gasteiger partial charge in [-0.05, 0) is 42.7 Å². The molecule has 0 spiro atoms. The van der Waals surface area contributed by atoms with Crippen LogP contribution in [-0.2, 0) is 17.9 Å². The molecule has 0 aliphatic carbocycles. The quantitative estimate of drug-likeness (QED) is 0.413. The van der Waals surface area contributed by atoms with Gasteiger partial charge >= 0.3 is 0 Å². The number of rotatable bonds is 8. The zero-order chi connectivity index (χ0) is 22.6. The summed E-state index contributed by atoms with van der Waals surface area (Å²) >= 11 is 0. The second kappa shape index (κ2) is 9.60.